The number of hydrogen-bond donors (Lipinski definition) is 0. The van der Waals surface area contributed by atoms with Crippen molar-refractivity contribution in [2.45, 2.75) is 0 Å². The minimum atomic E-state index is 0.865. The van der Waals surface area contributed by atoms with Crippen LogP contribution >= 0.6 is 0 Å². The van der Waals surface area contributed by atoms with Gasteiger partial charge in [-0.2, -0.15) is 0 Å². The molecule has 3 nitrogen and oxygen atoms in total. The van der Waals surface area contributed by atoms with Crippen molar-refractivity contribution in [3.63, 3.8) is 0 Å². The highest BCUT2D eigenvalue weighted by atomic mass is 16.3. The van der Waals surface area contributed by atoms with E-state index in [0.29, 0.717) is 0 Å². The fourth-order valence-corrected chi connectivity index (χ4v) is 8.30. The molecular weight excluding hydrogens is 621 g/mol. The molecule has 0 aliphatic rings. The summed E-state index contributed by atoms with van der Waals surface area (Å²) in [6.07, 6.45) is 0. The smallest absolute Gasteiger partial charge is 0.159 e. The van der Waals surface area contributed by atoms with Gasteiger partial charge in [0.05, 0.1) is 22.4 Å². The van der Waals surface area contributed by atoms with E-state index in [-0.39, 0.29) is 0 Å². The third-order valence-corrected chi connectivity index (χ3v) is 10.5. The van der Waals surface area contributed by atoms with Crippen LogP contribution in [0.1, 0.15) is 0 Å². The molecule has 0 aliphatic heterocycles. The Kier molecular flexibility index (Phi) is 5.96. The van der Waals surface area contributed by atoms with E-state index in [4.69, 9.17) is 4.42 Å². The lowest BCUT2D eigenvalue weighted by Crippen LogP contribution is -2.11. The quantitative estimate of drug-likeness (QED) is 0.177. The molecule has 238 valence electrons. The van der Waals surface area contributed by atoms with E-state index in [0.717, 1.165) is 50.2 Å². The van der Waals surface area contributed by atoms with Crippen LogP contribution in [0.2, 0.25) is 0 Å². The van der Waals surface area contributed by atoms with Crippen molar-refractivity contribution >= 4 is 93.1 Å². The molecule has 0 N–H and O–H groups in total. The number of benzene rings is 9. The van der Waals surface area contributed by atoms with E-state index in [9.17, 15) is 0 Å². The molecule has 9 aromatic carbocycles. The molecule has 0 amide bonds. The first kappa shape index (κ1) is 28.0. The molecular formula is C48H30N2O. The van der Waals surface area contributed by atoms with Crippen LogP contribution in [0.4, 0.5) is 17.1 Å². The zero-order valence-corrected chi connectivity index (χ0v) is 27.6. The standard InChI is InChI=1S/C48H30N2O/c1-2-14-32(15-3-1)49-43-22-10-8-19-38(43)39-28-26-33(29-45(39)49)50(44-23-12-21-41-40-20-9-11-24-47(40)51-48(41)44)46-30-42-34-16-5-4-13-31(34)25-27-36(42)35-17-6-7-18-37(35)46/h1-30H. The van der Waals surface area contributed by atoms with E-state index in [1.54, 1.807) is 0 Å². The summed E-state index contributed by atoms with van der Waals surface area (Å²) in [6, 6.07) is 65.6. The molecule has 2 aromatic heterocycles. The Morgan fingerprint density at radius 1 is 0.373 bits per heavy atom. The van der Waals surface area contributed by atoms with Crippen LogP contribution in [-0.4, -0.2) is 4.57 Å². The van der Waals surface area contributed by atoms with Crippen LogP contribution in [0, 0.1) is 0 Å². The summed E-state index contributed by atoms with van der Waals surface area (Å²) in [4.78, 5) is 2.42. The van der Waals surface area contributed by atoms with E-state index >= 15 is 0 Å². The van der Waals surface area contributed by atoms with Crippen LogP contribution in [0.5, 0.6) is 0 Å². The van der Waals surface area contributed by atoms with Crippen molar-refractivity contribution in [3.8, 4) is 5.69 Å². The molecule has 0 atom stereocenters. The zero-order valence-electron chi connectivity index (χ0n) is 27.6. The van der Waals surface area contributed by atoms with E-state index in [1.165, 1.54) is 48.6 Å². The Bertz CT molecular complexity index is 3150. The van der Waals surface area contributed by atoms with Crippen molar-refractivity contribution in [1.82, 2.24) is 4.57 Å². The van der Waals surface area contributed by atoms with E-state index in [2.05, 4.69) is 185 Å². The predicted molar refractivity (Wildman–Crippen MR) is 215 cm³/mol. The number of hydrogen-bond acceptors (Lipinski definition) is 2. The number of rotatable bonds is 4. The lowest BCUT2D eigenvalue weighted by molar-refractivity contribution is 0.669. The van der Waals surface area contributed by atoms with Crippen LogP contribution in [0.15, 0.2) is 186 Å². The second kappa shape index (κ2) is 10.8. The van der Waals surface area contributed by atoms with Crippen molar-refractivity contribution < 1.29 is 4.42 Å². The molecule has 11 aromatic rings. The van der Waals surface area contributed by atoms with Crippen molar-refractivity contribution in [2.24, 2.45) is 0 Å². The fraction of sp³-hybridized carbons (Fsp3) is 0. The third-order valence-electron chi connectivity index (χ3n) is 10.5. The first-order valence-corrected chi connectivity index (χ1v) is 17.4. The number of fused-ring (bicyclic) bond motifs is 11. The number of nitrogens with zero attached hydrogens (tertiary/aromatic N) is 2. The molecule has 0 aliphatic carbocycles. The molecule has 2 heterocycles. The largest absolute Gasteiger partial charge is 0.454 e. The summed E-state index contributed by atoms with van der Waals surface area (Å²) >= 11 is 0. The van der Waals surface area contributed by atoms with Gasteiger partial charge in [-0.3, -0.25) is 0 Å². The maximum Gasteiger partial charge on any atom is 0.159 e. The predicted octanol–water partition coefficient (Wildman–Crippen LogP) is 13.6. The fourth-order valence-electron chi connectivity index (χ4n) is 8.30. The molecule has 0 unspecified atom stereocenters. The van der Waals surface area contributed by atoms with Crippen molar-refractivity contribution in [1.29, 1.82) is 0 Å². The summed E-state index contributed by atoms with van der Waals surface area (Å²) in [5.74, 6) is 0. The number of aromatic nitrogens is 1. The summed E-state index contributed by atoms with van der Waals surface area (Å²) in [5.41, 5.74) is 8.37. The second-order valence-electron chi connectivity index (χ2n) is 13.3. The number of anilines is 3. The Balaban J connectivity index is 1.29. The molecule has 0 saturated carbocycles. The zero-order chi connectivity index (χ0) is 33.5. The lowest BCUT2D eigenvalue weighted by Gasteiger charge is -2.28. The SMILES string of the molecule is c1ccc(-n2c3ccccc3c3ccc(N(c4cc5c6ccccc6ccc5c5ccccc45)c4cccc5c4oc4ccccc45)cc32)cc1. The van der Waals surface area contributed by atoms with Gasteiger partial charge >= 0.3 is 0 Å². The second-order valence-corrected chi connectivity index (χ2v) is 13.3. The van der Waals surface area contributed by atoms with Crippen LogP contribution < -0.4 is 4.90 Å². The Morgan fingerprint density at radius 3 is 1.90 bits per heavy atom. The highest BCUT2D eigenvalue weighted by Gasteiger charge is 2.24. The Labute approximate surface area is 293 Å². The van der Waals surface area contributed by atoms with Gasteiger partial charge < -0.3 is 13.9 Å². The van der Waals surface area contributed by atoms with Crippen LogP contribution in [0.3, 0.4) is 0 Å². The van der Waals surface area contributed by atoms with Gasteiger partial charge in [0.1, 0.15) is 5.58 Å². The lowest BCUT2D eigenvalue weighted by atomic mass is 9.95. The van der Waals surface area contributed by atoms with Gasteiger partial charge in [0.2, 0.25) is 0 Å². The summed E-state index contributed by atoms with van der Waals surface area (Å²) < 4.78 is 9.15. The van der Waals surface area contributed by atoms with Gasteiger partial charge in [0, 0.05) is 38.3 Å². The third kappa shape index (κ3) is 4.12. The first-order chi connectivity index (χ1) is 25.3. The summed E-state index contributed by atoms with van der Waals surface area (Å²) in [6.45, 7) is 0. The average molecular weight is 651 g/mol. The first-order valence-electron chi connectivity index (χ1n) is 17.4. The molecule has 3 heteroatoms. The number of para-hydroxylation sites is 4. The van der Waals surface area contributed by atoms with Crippen LogP contribution in [0.25, 0.3) is 81.7 Å². The maximum atomic E-state index is 6.76. The normalized spacial score (nSPS) is 11.9. The molecule has 0 fully saturated rings. The highest BCUT2D eigenvalue weighted by molar-refractivity contribution is 6.22. The van der Waals surface area contributed by atoms with Gasteiger partial charge in [0.15, 0.2) is 5.58 Å². The summed E-state index contributed by atoms with van der Waals surface area (Å²) in [7, 11) is 0. The van der Waals surface area contributed by atoms with Crippen molar-refractivity contribution in [2.75, 3.05) is 4.90 Å². The molecule has 0 bridgehead atoms. The minimum absolute atomic E-state index is 0.865. The van der Waals surface area contributed by atoms with Gasteiger partial charge in [-0.1, -0.05) is 133 Å². The molecule has 0 saturated heterocycles. The van der Waals surface area contributed by atoms with Gasteiger partial charge in [0.25, 0.3) is 0 Å². The Hall–Kier alpha value is -6.84. The molecule has 11 rings (SSSR count). The Morgan fingerprint density at radius 2 is 1.02 bits per heavy atom. The van der Waals surface area contributed by atoms with Crippen molar-refractivity contribution in [3.05, 3.63) is 182 Å². The topological polar surface area (TPSA) is 21.3 Å². The summed E-state index contributed by atoms with van der Waals surface area (Å²) in [5, 5.41) is 12.0. The van der Waals surface area contributed by atoms with Gasteiger partial charge in [-0.15, -0.1) is 0 Å². The van der Waals surface area contributed by atoms with Crippen LogP contribution in [-0.2, 0) is 0 Å². The molecule has 51 heavy (non-hydrogen) atoms. The van der Waals surface area contributed by atoms with Gasteiger partial charge in [-0.05, 0) is 75.5 Å². The number of furan rings is 1. The maximum absolute atomic E-state index is 6.76. The molecule has 0 radical (unpaired) electrons. The molecule has 0 spiro atoms. The minimum Gasteiger partial charge on any atom is -0.454 e. The average Bonchev–Trinajstić information content (AvgIpc) is 3.74. The van der Waals surface area contributed by atoms with E-state index < -0.39 is 0 Å². The van der Waals surface area contributed by atoms with E-state index in [1.807, 2.05) is 6.07 Å². The highest BCUT2D eigenvalue weighted by Crippen LogP contribution is 2.47. The monoisotopic (exact) mass is 650 g/mol. The van der Waals surface area contributed by atoms with Gasteiger partial charge in [-0.25, -0.2) is 0 Å².